The van der Waals surface area contributed by atoms with Crippen LogP contribution in [-0.2, 0) is 14.6 Å². The summed E-state index contributed by atoms with van der Waals surface area (Å²) in [6, 6.07) is 1.56. The third kappa shape index (κ3) is 4.53. The minimum absolute atomic E-state index is 0.0328. The fourth-order valence-corrected chi connectivity index (χ4v) is 5.92. The van der Waals surface area contributed by atoms with Crippen molar-refractivity contribution in [3.05, 3.63) is 58.4 Å². The Labute approximate surface area is 206 Å². The molecule has 2 heterocycles. The number of likely N-dealkylation sites (tertiary alicyclic amines) is 1. The van der Waals surface area contributed by atoms with Crippen molar-refractivity contribution in [1.82, 2.24) is 15.2 Å². The quantitative estimate of drug-likeness (QED) is 0.558. The molecule has 186 valence electrons. The largest absolute Gasteiger partial charge is 0.347 e. The Hall–Kier alpha value is -2.59. The Morgan fingerprint density at radius 1 is 1.17 bits per heavy atom. The highest BCUT2D eigenvalue weighted by Gasteiger charge is 2.56. The fourth-order valence-electron chi connectivity index (χ4n) is 4.91. The van der Waals surface area contributed by atoms with Gasteiger partial charge in [0.2, 0.25) is 5.91 Å². The molecule has 0 bridgehead atoms. The summed E-state index contributed by atoms with van der Waals surface area (Å²) in [6.07, 6.45) is 5.23. The van der Waals surface area contributed by atoms with Gasteiger partial charge in [-0.05, 0) is 55.7 Å². The number of hydrogen-bond acceptors (Lipinski definition) is 5. The molecule has 4 atom stereocenters. The van der Waals surface area contributed by atoms with E-state index in [1.807, 2.05) is 0 Å². The number of benzene rings is 1. The van der Waals surface area contributed by atoms with E-state index in [0.29, 0.717) is 6.42 Å². The van der Waals surface area contributed by atoms with Crippen LogP contribution in [0.1, 0.15) is 54.6 Å². The van der Waals surface area contributed by atoms with Crippen molar-refractivity contribution in [3.63, 3.8) is 0 Å². The predicted molar refractivity (Wildman–Crippen MR) is 123 cm³/mol. The number of halogens is 3. The Morgan fingerprint density at radius 2 is 1.91 bits per heavy atom. The van der Waals surface area contributed by atoms with Crippen LogP contribution in [0.15, 0.2) is 35.5 Å². The number of sulfone groups is 1. The highest BCUT2D eigenvalue weighted by atomic mass is 35.5. The summed E-state index contributed by atoms with van der Waals surface area (Å²) in [4.78, 5) is 32.1. The summed E-state index contributed by atoms with van der Waals surface area (Å²) in [5, 5.41) is 2.52. The lowest BCUT2D eigenvalue weighted by molar-refractivity contribution is -0.126. The number of nitrogens with zero attached hydrogens (tertiary/aromatic N) is 2. The number of carbonyl (C=O) groups excluding carboxylic acids is 2. The van der Waals surface area contributed by atoms with E-state index in [4.69, 9.17) is 11.6 Å². The molecule has 1 aliphatic heterocycles. The summed E-state index contributed by atoms with van der Waals surface area (Å²) in [5.74, 6) is -2.36. The van der Waals surface area contributed by atoms with E-state index in [1.165, 1.54) is 30.3 Å². The number of amides is 2. The van der Waals surface area contributed by atoms with Crippen LogP contribution in [0.3, 0.4) is 0 Å². The van der Waals surface area contributed by atoms with Crippen molar-refractivity contribution < 1.29 is 26.8 Å². The molecule has 1 saturated heterocycles. The normalized spacial score (nSPS) is 24.1. The van der Waals surface area contributed by atoms with E-state index >= 15 is 0 Å². The number of aromatic nitrogens is 1. The highest BCUT2D eigenvalue weighted by Crippen LogP contribution is 2.49. The molecular formula is C24H24ClF2N3O4S. The lowest BCUT2D eigenvalue weighted by Gasteiger charge is -2.29. The molecule has 5 rings (SSSR count). The Kier molecular flexibility index (Phi) is 6.07. The summed E-state index contributed by atoms with van der Waals surface area (Å²) in [5.41, 5.74) is 0.125. The Balaban J connectivity index is 1.39. The molecule has 1 N–H and O–H groups in total. The molecule has 2 saturated carbocycles. The zero-order valence-corrected chi connectivity index (χ0v) is 20.5. The van der Waals surface area contributed by atoms with Gasteiger partial charge in [-0.3, -0.25) is 14.6 Å². The van der Waals surface area contributed by atoms with Crippen molar-refractivity contribution in [1.29, 1.82) is 0 Å². The zero-order chi connectivity index (χ0) is 25.1. The molecule has 0 spiro atoms. The van der Waals surface area contributed by atoms with E-state index < -0.39 is 45.4 Å². The first-order chi connectivity index (χ1) is 16.6. The zero-order valence-electron chi connectivity index (χ0n) is 18.9. The molecule has 1 aromatic carbocycles. The van der Waals surface area contributed by atoms with Crippen LogP contribution < -0.4 is 5.32 Å². The van der Waals surface area contributed by atoms with Gasteiger partial charge in [-0.2, -0.15) is 0 Å². The Bertz CT molecular complexity index is 1320. The van der Waals surface area contributed by atoms with Crippen LogP contribution in [0.5, 0.6) is 0 Å². The van der Waals surface area contributed by atoms with Gasteiger partial charge in [-0.25, -0.2) is 17.2 Å². The second kappa shape index (κ2) is 8.81. The number of nitrogens with one attached hydrogen (secondary N) is 1. The van der Waals surface area contributed by atoms with Crippen LogP contribution in [0.25, 0.3) is 0 Å². The van der Waals surface area contributed by atoms with Gasteiger partial charge in [0.1, 0.15) is 17.7 Å². The van der Waals surface area contributed by atoms with Crippen LogP contribution >= 0.6 is 11.6 Å². The lowest BCUT2D eigenvalue weighted by Crippen LogP contribution is -2.49. The summed E-state index contributed by atoms with van der Waals surface area (Å²) in [6.45, 7) is 1.51. The average molecular weight is 524 g/mol. The summed E-state index contributed by atoms with van der Waals surface area (Å²) >= 11 is 5.69. The van der Waals surface area contributed by atoms with Gasteiger partial charge in [-0.1, -0.05) is 18.5 Å². The van der Waals surface area contributed by atoms with E-state index in [1.54, 1.807) is 0 Å². The summed E-state index contributed by atoms with van der Waals surface area (Å²) in [7, 11) is -3.56. The molecule has 0 radical (unpaired) electrons. The highest BCUT2D eigenvalue weighted by molar-refractivity contribution is 7.91. The number of carbonyl (C=O) groups is 2. The molecule has 2 amide bonds. The smallest absolute Gasteiger partial charge is 0.256 e. The van der Waals surface area contributed by atoms with Crippen molar-refractivity contribution in [2.24, 2.45) is 11.8 Å². The maximum Gasteiger partial charge on any atom is 0.256 e. The fraction of sp³-hybridized carbons (Fsp3) is 0.458. The molecule has 35 heavy (non-hydrogen) atoms. The van der Waals surface area contributed by atoms with Gasteiger partial charge in [0.05, 0.1) is 27.3 Å². The summed E-state index contributed by atoms with van der Waals surface area (Å²) < 4.78 is 53.2. The molecule has 7 nitrogen and oxygen atoms in total. The molecule has 3 aliphatic rings. The van der Waals surface area contributed by atoms with Crippen LogP contribution in [0.4, 0.5) is 8.78 Å². The second-order valence-electron chi connectivity index (χ2n) is 9.45. The second-order valence-corrected chi connectivity index (χ2v) is 12.1. The van der Waals surface area contributed by atoms with Gasteiger partial charge in [0.25, 0.3) is 5.91 Å². The van der Waals surface area contributed by atoms with Gasteiger partial charge in [0.15, 0.2) is 9.84 Å². The van der Waals surface area contributed by atoms with Gasteiger partial charge in [-0.15, -0.1) is 0 Å². The molecule has 2 aromatic rings. The average Bonchev–Trinajstić information content (AvgIpc) is 3.77. The SMILES string of the molecule is CCS(=O)(=O)c1cncc(C(=O)N2[C@@H](C(=O)N[C@@H](c3cc(F)c(Cl)cc3F)C3CC3)C[C@H]3C[C@H]32)c1. The standard InChI is InChI=1S/C24H24ClF2N3O4S/c1-2-35(33,34)15-5-14(10-28-11-15)24(32)30-20-6-13(20)7-21(30)23(31)29-22(12-3-4-12)16-8-19(27)17(25)9-18(16)26/h5,8-13,20-22H,2-4,6-7H2,1H3,(H,29,31)/t13-,20-,21-,22-/m1/s1. The van der Waals surface area contributed by atoms with Gasteiger partial charge in [0, 0.05) is 24.0 Å². The molecule has 0 unspecified atom stereocenters. The number of pyridine rings is 1. The van der Waals surface area contributed by atoms with Crippen molar-refractivity contribution in [2.75, 3.05) is 5.75 Å². The van der Waals surface area contributed by atoms with Crippen molar-refractivity contribution in [3.8, 4) is 0 Å². The van der Waals surface area contributed by atoms with E-state index in [9.17, 15) is 26.8 Å². The minimum Gasteiger partial charge on any atom is -0.347 e. The number of hydrogen-bond donors (Lipinski definition) is 1. The maximum absolute atomic E-state index is 14.6. The number of fused-ring (bicyclic) bond motifs is 1. The van der Waals surface area contributed by atoms with E-state index in [2.05, 4.69) is 10.3 Å². The minimum atomic E-state index is -3.56. The maximum atomic E-state index is 14.6. The first-order valence-electron chi connectivity index (χ1n) is 11.6. The van der Waals surface area contributed by atoms with Crippen LogP contribution in [-0.4, -0.2) is 48.0 Å². The van der Waals surface area contributed by atoms with Crippen molar-refractivity contribution >= 4 is 33.3 Å². The molecule has 11 heteroatoms. The monoisotopic (exact) mass is 523 g/mol. The van der Waals surface area contributed by atoms with Gasteiger partial charge < -0.3 is 10.2 Å². The lowest BCUT2D eigenvalue weighted by atomic mass is 10.00. The van der Waals surface area contributed by atoms with Crippen LogP contribution in [0, 0.1) is 23.5 Å². The predicted octanol–water partition coefficient (Wildman–Crippen LogP) is 3.68. The van der Waals surface area contributed by atoms with E-state index in [0.717, 1.165) is 31.4 Å². The number of piperidine rings is 1. The molecular weight excluding hydrogens is 500 g/mol. The molecule has 1 aromatic heterocycles. The third-order valence-corrected chi connectivity index (χ3v) is 9.10. The van der Waals surface area contributed by atoms with Gasteiger partial charge >= 0.3 is 0 Å². The number of rotatable bonds is 7. The van der Waals surface area contributed by atoms with Crippen LogP contribution in [0.2, 0.25) is 5.02 Å². The Morgan fingerprint density at radius 3 is 2.60 bits per heavy atom. The van der Waals surface area contributed by atoms with Crippen molar-refractivity contribution in [2.45, 2.75) is 55.6 Å². The molecule has 3 fully saturated rings. The first kappa shape index (κ1) is 24.1. The third-order valence-electron chi connectivity index (χ3n) is 7.11. The topological polar surface area (TPSA) is 96.4 Å². The van der Waals surface area contributed by atoms with E-state index in [-0.39, 0.29) is 44.7 Å². The first-order valence-corrected chi connectivity index (χ1v) is 13.6. The molecule has 2 aliphatic carbocycles.